The lowest BCUT2D eigenvalue weighted by atomic mass is 9.92. The van der Waals surface area contributed by atoms with E-state index in [0.717, 1.165) is 53.6 Å². The largest absolute Gasteiger partial charge is 0.461 e. The lowest BCUT2D eigenvalue weighted by molar-refractivity contribution is 0.0519. The molecule has 1 aliphatic rings. The SMILES string of the molecule is CCOC(=O)c1[nH]c(C)c(CN(C(=O)c2ccccc2C)C2CCCCC2)c1C. The van der Waals surface area contributed by atoms with Gasteiger partial charge < -0.3 is 14.6 Å². The number of esters is 1. The maximum absolute atomic E-state index is 13.6. The predicted octanol–water partition coefficient (Wildman–Crippen LogP) is 5.09. The van der Waals surface area contributed by atoms with Crippen molar-refractivity contribution in [2.75, 3.05) is 6.61 Å². The van der Waals surface area contributed by atoms with Crippen molar-refractivity contribution >= 4 is 11.9 Å². The number of amides is 1. The maximum atomic E-state index is 13.6. The summed E-state index contributed by atoms with van der Waals surface area (Å²) in [6, 6.07) is 8.01. The van der Waals surface area contributed by atoms with Gasteiger partial charge in [-0.2, -0.15) is 0 Å². The number of hydrogen-bond donors (Lipinski definition) is 1. The molecule has 5 nitrogen and oxygen atoms in total. The molecule has 1 aromatic heterocycles. The Balaban J connectivity index is 1.95. The van der Waals surface area contributed by atoms with Gasteiger partial charge >= 0.3 is 5.97 Å². The molecule has 29 heavy (non-hydrogen) atoms. The quantitative estimate of drug-likeness (QED) is 0.692. The van der Waals surface area contributed by atoms with Crippen molar-refractivity contribution in [2.24, 2.45) is 0 Å². The number of aromatic amines is 1. The minimum absolute atomic E-state index is 0.0766. The number of ether oxygens (including phenoxy) is 1. The van der Waals surface area contributed by atoms with Gasteiger partial charge in [0.05, 0.1) is 6.61 Å². The van der Waals surface area contributed by atoms with Crippen molar-refractivity contribution in [1.29, 1.82) is 0 Å². The third-order valence-corrected chi connectivity index (χ3v) is 6.05. The minimum Gasteiger partial charge on any atom is -0.461 e. The van der Waals surface area contributed by atoms with Crippen molar-refractivity contribution in [3.8, 4) is 0 Å². The molecule has 0 bridgehead atoms. The van der Waals surface area contributed by atoms with Gasteiger partial charge in [-0.25, -0.2) is 4.79 Å². The van der Waals surface area contributed by atoms with Crippen LogP contribution in [-0.2, 0) is 11.3 Å². The van der Waals surface area contributed by atoms with E-state index in [1.807, 2.05) is 49.9 Å². The Kier molecular flexibility index (Phi) is 6.78. The van der Waals surface area contributed by atoms with Gasteiger partial charge in [-0.3, -0.25) is 4.79 Å². The summed E-state index contributed by atoms with van der Waals surface area (Å²) in [5, 5.41) is 0. The fraction of sp³-hybridized carbons (Fsp3) is 0.500. The second kappa shape index (κ2) is 9.29. The molecule has 0 radical (unpaired) electrons. The monoisotopic (exact) mass is 396 g/mol. The van der Waals surface area contributed by atoms with Crippen LogP contribution >= 0.6 is 0 Å². The van der Waals surface area contributed by atoms with Gasteiger partial charge in [0.1, 0.15) is 5.69 Å². The van der Waals surface area contributed by atoms with Crippen LogP contribution in [0.3, 0.4) is 0 Å². The summed E-state index contributed by atoms with van der Waals surface area (Å²) in [5.41, 5.74) is 5.05. The molecule has 3 rings (SSSR count). The fourth-order valence-electron chi connectivity index (χ4n) is 4.33. The van der Waals surface area contributed by atoms with Gasteiger partial charge in [-0.15, -0.1) is 0 Å². The van der Waals surface area contributed by atoms with Crippen molar-refractivity contribution in [2.45, 2.75) is 72.4 Å². The van der Waals surface area contributed by atoms with Crippen LogP contribution in [0.15, 0.2) is 24.3 Å². The van der Waals surface area contributed by atoms with Gasteiger partial charge in [0.25, 0.3) is 5.91 Å². The first kappa shape index (κ1) is 21.2. The number of benzene rings is 1. The molecule has 0 saturated heterocycles. The summed E-state index contributed by atoms with van der Waals surface area (Å²) in [6.07, 6.45) is 5.61. The van der Waals surface area contributed by atoms with Crippen LogP contribution in [0.4, 0.5) is 0 Å². The molecule has 0 atom stereocenters. The van der Waals surface area contributed by atoms with Gasteiger partial charge in [0.2, 0.25) is 0 Å². The summed E-state index contributed by atoms with van der Waals surface area (Å²) >= 11 is 0. The Morgan fingerprint density at radius 3 is 2.45 bits per heavy atom. The van der Waals surface area contributed by atoms with E-state index in [0.29, 0.717) is 18.8 Å². The molecule has 1 aromatic carbocycles. The number of aryl methyl sites for hydroxylation is 2. The molecule has 1 fully saturated rings. The lowest BCUT2D eigenvalue weighted by Gasteiger charge is -2.35. The Bertz CT molecular complexity index is 878. The van der Waals surface area contributed by atoms with E-state index in [1.165, 1.54) is 6.42 Å². The smallest absolute Gasteiger partial charge is 0.355 e. The number of H-pyrrole nitrogens is 1. The summed E-state index contributed by atoms with van der Waals surface area (Å²) in [4.78, 5) is 31.1. The second-order valence-corrected chi connectivity index (χ2v) is 7.99. The maximum Gasteiger partial charge on any atom is 0.355 e. The third kappa shape index (κ3) is 4.55. The molecule has 5 heteroatoms. The number of carbonyl (C=O) groups excluding carboxylic acids is 2. The van der Waals surface area contributed by atoms with Gasteiger partial charge in [0.15, 0.2) is 0 Å². The first-order chi connectivity index (χ1) is 13.9. The first-order valence-electron chi connectivity index (χ1n) is 10.7. The third-order valence-electron chi connectivity index (χ3n) is 6.05. The zero-order valence-corrected chi connectivity index (χ0v) is 18.0. The number of nitrogens with one attached hydrogen (secondary N) is 1. The Morgan fingerprint density at radius 1 is 1.10 bits per heavy atom. The Morgan fingerprint density at radius 2 is 1.79 bits per heavy atom. The van der Waals surface area contributed by atoms with Crippen LogP contribution in [0.5, 0.6) is 0 Å². The van der Waals surface area contributed by atoms with E-state index in [2.05, 4.69) is 4.98 Å². The van der Waals surface area contributed by atoms with Crippen molar-refractivity contribution in [1.82, 2.24) is 9.88 Å². The highest BCUT2D eigenvalue weighted by Crippen LogP contribution is 2.29. The molecule has 2 aromatic rings. The van der Waals surface area contributed by atoms with Gasteiger partial charge in [-0.05, 0) is 63.3 Å². The van der Waals surface area contributed by atoms with Crippen LogP contribution in [0, 0.1) is 20.8 Å². The Hall–Kier alpha value is -2.56. The minimum atomic E-state index is -0.339. The van der Waals surface area contributed by atoms with Crippen LogP contribution in [0.2, 0.25) is 0 Å². The molecule has 1 N–H and O–H groups in total. The van der Waals surface area contributed by atoms with E-state index < -0.39 is 0 Å². The lowest BCUT2D eigenvalue weighted by Crippen LogP contribution is -2.41. The van der Waals surface area contributed by atoms with E-state index in [1.54, 1.807) is 6.92 Å². The first-order valence-corrected chi connectivity index (χ1v) is 10.7. The molecule has 0 unspecified atom stereocenters. The fourth-order valence-corrected chi connectivity index (χ4v) is 4.33. The number of rotatable bonds is 6. The molecule has 1 heterocycles. The predicted molar refractivity (Wildman–Crippen MR) is 114 cm³/mol. The molecular formula is C24H32N2O3. The van der Waals surface area contributed by atoms with E-state index >= 15 is 0 Å². The van der Waals surface area contributed by atoms with E-state index in [-0.39, 0.29) is 17.9 Å². The van der Waals surface area contributed by atoms with Crippen molar-refractivity contribution in [3.05, 3.63) is 57.9 Å². The summed E-state index contributed by atoms with van der Waals surface area (Å²) in [6.45, 7) is 8.52. The van der Waals surface area contributed by atoms with Gasteiger partial charge in [-0.1, -0.05) is 37.5 Å². The number of nitrogens with zero attached hydrogens (tertiary/aromatic N) is 1. The average Bonchev–Trinajstić information content (AvgIpc) is 3.00. The average molecular weight is 397 g/mol. The van der Waals surface area contributed by atoms with Crippen molar-refractivity contribution in [3.63, 3.8) is 0 Å². The van der Waals surface area contributed by atoms with Crippen LogP contribution in [0.1, 0.15) is 82.3 Å². The van der Waals surface area contributed by atoms with Gasteiger partial charge in [0, 0.05) is 23.8 Å². The topological polar surface area (TPSA) is 62.4 Å². The van der Waals surface area contributed by atoms with E-state index in [4.69, 9.17) is 4.74 Å². The second-order valence-electron chi connectivity index (χ2n) is 7.99. The highest BCUT2D eigenvalue weighted by atomic mass is 16.5. The highest BCUT2D eigenvalue weighted by molar-refractivity contribution is 5.96. The van der Waals surface area contributed by atoms with Crippen LogP contribution in [0.25, 0.3) is 0 Å². The standard InChI is InChI=1S/C24H32N2O3/c1-5-29-24(28)22-17(3)21(18(4)25-22)15-26(19-12-7-6-8-13-19)23(27)20-14-10-9-11-16(20)2/h9-11,14,19,25H,5-8,12-13,15H2,1-4H3. The summed E-state index contributed by atoms with van der Waals surface area (Å²) in [5.74, 6) is -0.263. The van der Waals surface area contributed by atoms with Crippen LogP contribution in [-0.4, -0.2) is 34.4 Å². The molecule has 0 aliphatic heterocycles. The molecule has 0 spiro atoms. The Labute approximate surface area is 173 Å². The zero-order chi connectivity index (χ0) is 21.0. The summed E-state index contributed by atoms with van der Waals surface area (Å²) in [7, 11) is 0. The van der Waals surface area contributed by atoms with Crippen molar-refractivity contribution < 1.29 is 14.3 Å². The molecule has 1 saturated carbocycles. The number of carbonyl (C=O) groups is 2. The normalized spacial score (nSPS) is 14.6. The molecular weight excluding hydrogens is 364 g/mol. The molecule has 156 valence electrons. The number of hydrogen-bond acceptors (Lipinski definition) is 3. The molecule has 1 aliphatic carbocycles. The zero-order valence-electron chi connectivity index (χ0n) is 18.0. The van der Waals surface area contributed by atoms with E-state index in [9.17, 15) is 9.59 Å². The highest BCUT2D eigenvalue weighted by Gasteiger charge is 2.29. The molecule has 1 amide bonds. The van der Waals surface area contributed by atoms with Crippen LogP contribution < -0.4 is 0 Å². The summed E-state index contributed by atoms with van der Waals surface area (Å²) < 4.78 is 5.18. The number of aromatic nitrogens is 1.